The minimum absolute atomic E-state index is 0.0293. The molecule has 23 heavy (non-hydrogen) atoms. The molecule has 3 nitrogen and oxygen atoms in total. The zero-order chi connectivity index (χ0) is 16.7. The largest absolute Gasteiger partial charge is 0.492 e. The molecule has 2 aromatic rings. The molecule has 0 atom stereocenters. The fraction of sp³-hybridized carbons (Fsp3) is 0.278. The van der Waals surface area contributed by atoms with Crippen LogP contribution in [0.5, 0.6) is 5.75 Å². The van der Waals surface area contributed by atoms with E-state index >= 15 is 0 Å². The number of nitrogens with one attached hydrogen (secondary N) is 1. The van der Waals surface area contributed by atoms with Gasteiger partial charge in [0.15, 0.2) is 0 Å². The van der Waals surface area contributed by atoms with Gasteiger partial charge in [0, 0.05) is 5.02 Å². The second kappa shape index (κ2) is 8.53. The molecule has 0 fully saturated rings. The number of hydrogen-bond acceptors (Lipinski definition) is 2. The molecular formula is C18H19ClFNO2. The second-order valence-electron chi connectivity index (χ2n) is 5.12. The van der Waals surface area contributed by atoms with Gasteiger partial charge in [0.25, 0.3) is 5.91 Å². The van der Waals surface area contributed by atoms with Gasteiger partial charge in [0.2, 0.25) is 0 Å². The van der Waals surface area contributed by atoms with E-state index in [2.05, 4.69) is 12.2 Å². The molecule has 0 aliphatic rings. The molecule has 0 heterocycles. The molecule has 1 N–H and O–H groups in total. The summed E-state index contributed by atoms with van der Waals surface area (Å²) in [6.45, 7) is 2.74. The minimum atomic E-state index is -0.637. The van der Waals surface area contributed by atoms with Crippen molar-refractivity contribution in [2.24, 2.45) is 0 Å². The monoisotopic (exact) mass is 335 g/mol. The summed E-state index contributed by atoms with van der Waals surface area (Å²) < 4.78 is 19.1. The summed E-state index contributed by atoms with van der Waals surface area (Å²) in [7, 11) is 0. The number of hydrogen-bond donors (Lipinski definition) is 1. The van der Waals surface area contributed by atoms with Crippen LogP contribution in [0.15, 0.2) is 42.5 Å². The van der Waals surface area contributed by atoms with Gasteiger partial charge in [-0.1, -0.05) is 37.1 Å². The maximum atomic E-state index is 13.6. The van der Waals surface area contributed by atoms with Crippen molar-refractivity contribution < 1.29 is 13.9 Å². The van der Waals surface area contributed by atoms with E-state index < -0.39 is 11.7 Å². The number of ether oxygens (including phenoxy) is 1. The van der Waals surface area contributed by atoms with Crippen LogP contribution in [-0.2, 0) is 6.42 Å². The normalized spacial score (nSPS) is 10.4. The average Bonchev–Trinajstić information content (AvgIpc) is 2.53. The molecule has 2 aromatic carbocycles. The second-order valence-corrected chi connectivity index (χ2v) is 5.56. The smallest absolute Gasteiger partial charge is 0.254 e. The Morgan fingerprint density at radius 3 is 2.61 bits per heavy atom. The highest BCUT2D eigenvalue weighted by Crippen LogP contribution is 2.15. The van der Waals surface area contributed by atoms with E-state index in [4.69, 9.17) is 16.3 Å². The first-order chi connectivity index (χ1) is 11.1. The number of carbonyl (C=O) groups is 1. The van der Waals surface area contributed by atoms with Crippen LogP contribution in [0.4, 0.5) is 4.39 Å². The summed E-state index contributed by atoms with van der Waals surface area (Å²) in [5.41, 5.74) is 1.24. The maximum Gasteiger partial charge on any atom is 0.254 e. The van der Waals surface area contributed by atoms with E-state index in [1.54, 1.807) is 0 Å². The van der Waals surface area contributed by atoms with Crippen molar-refractivity contribution in [1.29, 1.82) is 0 Å². The summed E-state index contributed by atoms with van der Waals surface area (Å²) in [6, 6.07) is 11.8. The van der Waals surface area contributed by atoms with Gasteiger partial charge in [-0.25, -0.2) is 4.39 Å². The number of amides is 1. The van der Waals surface area contributed by atoms with E-state index in [0.717, 1.165) is 24.7 Å². The number of carbonyl (C=O) groups excluding carboxylic acids is 1. The molecule has 0 saturated carbocycles. The molecule has 0 aliphatic carbocycles. The first kappa shape index (κ1) is 17.3. The summed E-state index contributed by atoms with van der Waals surface area (Å²) in [4.78, 5) is 11.9. The molecule has 1 amide bonds. The molecule has 0 bridgehead atoms. The molecule has 0 aromatic heterocycles. The van der Waals surface area contributed by atoms with Gasteiger partial charge in [0.05, 0.1) is 12.1 Å². The number of rotatable bonds is 7. The van der Waals surface area contributed by atoms with Crippen molar-refractivity contribution in [2.45, 2.75) is 19.8 Å². The SMILES string of the molecule is CCCc1ccc(OCCNC(=O)c2ccc(Cl)cc2F)cc1. The lowest BCUT2D eigenvalue weighted by molar-refractivity contribution is 0.0943. The van der Waals surface area contributed by atoms with Gasteiger partial charge in [-0.2, -0.15) is 0 Å². The Morgan fingerprint density at radius 1 is 1.22 bits per heavy atom. The van der Waals surface area contributed by atoms with Crippen LogP contribution in [0.1, 0.15) is 29.3 Å². The Labute approximate surface area is 140 Å². The fourth-order valence-electron chi connectivity index (χ4n) is 2.14. The highest BCUT2D eigenvalue weighted by Gasteiger charge is 2.11. The van der Waals surface area contributed by atoms with Crippen molar-refractivity contribution in [1.82, 2.24) is 5.32 Å². The van der Waals surface area contributed by atoms with Crippen molar-refractivity contribution in [3.8, 4) is 5.75 Å². The summed E-state index contributed by atoms with van der Waals surface area (Å²) in [5.74, 6) is -0.375. The van der Waals surface area contributed by atoms with Gasteiger partial charge < -0.3 is 10.1 Å². The van der Waals surface area contributed by atoms with Crippen LogP contribution in [0.25, 0.3) is 0 Å². The van der Waals surface area contributed by atoms with Crippen molar-refractivity contribution in [2.75, 3.05) is 13.2 Å². The van der Waals surface area contributed by atoms with Crippen LogP contribution >= 0.6 is 11.6 Å². The van der Waals surface area contributed by atoms with Crippen molar-refractivity contribution in [3.63, 3.8) is 0 Å². The highest BCUT2D eigenvalue weighted by atomic mass is 35.5. The molecule has 2 rings (SSSR count). The quantitative estimate of drug-likeness (QED) is 0.768. The van der Waals surface area contributed by atoms with Crippen LogP contribution in [0.2, 0.25) is 5.02 Å². The number of benzene rings is 2. The van der Waals surface area contributed by atoms with Crippen LogP contribution < -0.4 is 10.1 Å². The number of aryl methyl sites for hydroxylation is 1. The van der Waals surface area contributed by atoms with Crippen molar-refractivity contribution >= 4 is 17.5 Å². The van der Waals surface area contributed by atoms with E-state index in [9.17, 15) is 9.18 Å². The third-order valence-corrected chi connectivity index (χ3v) is 3.53. The Bertz CT molecular complexity index is 659. The molecule has 0 unspecified atom stereocenters. The predicted octanol–water partition coefficient (Wildman–Crippen LogP) is 4.24. The molecule has 0 saturated heterocycles. The third-order valence-electron chi connectivity index (χ3n) is 3.29. The zero-order valence-corrected chi connectivity index (χ0v) is 13.7. The van der Waals surface area contributed by atoms with Crippen LogP contribution in [0, 0.1) is 5.82 Å². The lowest BCUT2D eigenvalue weighted by Crippen LogP contribution is -2.28. The molecule has 0 aliphatic heterocycles. The molecule has 0 radical (unpaired) electrons. The molecule has 0 spiro atoms. The zero-order valence-electron chi connectivity index (χ0n) is 12.9. The van der Waals surface area contributed by atoms with E-state index in [-0.39, 0.29) is 17.1 Å². The van der Waals surface area contributed by atoms with E-state index in [0.29, 0.717) is 6.61 Å². The van der Waals surface area contributed by atoms with Gasteiger partial charge in [-0.05, 0) is 42.3 Å². The average molecular weight is 336 g/mol. The first-order valence-electron chi connectivity index (χ1n) is 7.55. The van der Waals surface area contributed by atoms with Crippen LogP contribution in [0.3, 0.4) is 0 Å². The topological polar surface area (TPSA) is 38.3 Å². The Morgan fingerprint density at radius 2 is 1.96 bits per heavy atom. The Hall–Kier alpha value is -2.07. The Kier molecular flexibility index (Phi) is 6.41. The van der Waals surface area contributed by atoms with Gasteiger partial charge in [0.1, 0.15) is 18.2 Å². The first-order valence-corrected chi connectivity index (χ1v) is 7.93. The standard InChI is InChI=1S/C18H19ClFNO2/c1-2-3-13-4-7-15(8-5-13)23-11-10-21-18(22)16-9-6-14(19)12-17(16)20/h4-9,12H,2-3,10-11H2,1H3,(H,21,22). The molecular weight excluding hydrogens is 317 g/mol. The maximum absolute atomic E-state index is 13.6. The van der Waals surface area contributed by atoms with Gasteiger partial charge in [-0.3, -0.25) is 4.79 Å². The third kappa shape index (κ3) is 5.25. The predicted molar refractivity (Wildman–Crippen MR) is 89.7 cm³/mol. The van der Waals surface area contributed by atoms with Crippen molar-refractivity contribution in [3.05, 3.63) is 64.4 Å². The van der Waals surface area contributed by atoms with Crippen LogP contribution in [-0.4, -0.2) is 19.1 Å². The highest BCUT2D eigenvalue weighted by molar-refractivity contribution is 6.30. The number of halogens is 2. The summed E-state index contributed by atoms with van der Waals surface area (Å²) in [6.07, 6.45) is 2.15. The lowest BCUT2D eigenvalue weighted by atomic mass is 10.1. The van der Waals surface area contributed by atoms with E-state index in [1.165, 1.54) is 17.7 Å². The van der Waals surface area contributed by atoms with Gasteiger partial charge in [-0.15, -0.1) is 0 Å². The summed E-state index contributed by atoms with van der Waals surface area (Å²) in [5, 5.41) is 2.87. The molecule has 122 valence electrons. The lowest BCUT2D eigenvalue weighted by Gasteiger charge is -2.09. The van der Waals surface area contributed by atoms with Gasteiger partial charge >= 0.3 is 0 Å². The summed E-state index contributed by atoms with van der Waals surface area (Å²) >= 11 is 5.66. The minimum Gasteiger partial charge on any atom is -0.492 e. The Balaban J connectivity index is 1.77. The molecule has 5 heteroatoms. The van der Waals surface area contributed by atoms with E-state index in [1.807, 2.05) is 24.3 Å². The fourth-order valence-corrected chi connectivity index (χ4v) is 2.30.